The summed E-state index contributed by atoms with van der Waals surface area (Å²) in [6.45, 7) is 8.28. The second kappa shape index (κ2) is 7.55. The number of halogens is 2. The molecule has 0 aliphatic heterocycles. The maximum absolute atomic E-state index is 13.2. The van der Waals surface area contributed by atoms with Crippen LogP contribution in [0.15, 0.2) is 23.8 Å². The van der Waals surface area contributed by atoms with E-state index in [1.54, 1.807) is 6.07 Å². The standard InChI is InChI=1S/C15H21ClFN/c1-4-12(10-18-9-11(2)3)5-13-6-14(16)8-15(17)7-13/h5-8,11,18H,4,9-10H2,1-3H3/b12-5-. The Bertz CT molecular complexity index is 393. The van der Waals surface area contributed by atoms with Crippen molar-refractivity contribution >= 4 is 17.7 Å². The molecule has 0 saturated carbocycles. The minimum absolute atomic E-state index is 0.292. The second-order valence-electron chi connectivity index (χ2n) is 4.88. The molecule has 3 heteroatoms. The molecule has 0 unspecified atom stereocenters. The molecule has 0 bridgehead atoms. The fourth-order valence-corrected chi connectivity index (χ4v) is 1.92. The summed E-state index contributed by atoms with van der Waals surface area (Å²) in [6.07, 6.45) is 2.95. The van der Waals surface area contributed by atoms with Gasteiger partial charge in [0, 0.05) is 11.6 Å². The topological polar surface area (TPSA) is 12.0 Å². The summed E-state index contributed by atoms with van der Waals surface area (Å²) in [4.78, 5) is 0. The quantitative estimate of drug-likeness (QED) is 0.801. The van der Waals surface area contributed by atoms with Crippen LogP contribution in [0.5, 0.6) is 0 Å². The van der Waals surface area contributed by atoms with Gasteiger partial charge in [-0.25, -0.2) is 4.39 Å². The monoisotopic (exact) mass is 269 g/mol. The Balaban J connectivity index is 2.70. The van der Waals surface area contributed by atoms with E-state index < -0.39 is 0 Å². The molecule has 0 aliphatic carbocycles. The van der Waals surface area contributed by atoms with Gasteiger partial charge in [-0.3, -0.25) is 0 Å². The second-order valence-corrected chi connectivity index (χ2v) is 5.32. The van der Waals surface area contributed by atoms with Gasteiger partial charge in [-0.2, -0.15) is 0 Å². The fourth-order valence-electron chi connectivity index (χ4n) is 1.69. The third kappa shape index (κ3) is 5.65. The maximum atomic E-state index is 13.2. The van der Waals surface area contributed by atoms with Gasteiger partial charge in [-0.1, -0.05) is 44.0 Å². The van der Waals surface area contributed by atoms with E-state index in [1.807, 2.05) is 6.08 Å². The minimum Gasteiger partial charge on any atom is -0.313 e. The van der Waals surface area contributed by atoms with E-state index in [1.165, 1.54) is 17.7 Å². The highest BCUT2D eigenvalue weighted by atomic mass is 35.5. The largest absolute Gasteiger partial charge is 0.313 e. The van der Waals surface area contributed by atoms with Crippen molar-refractivity contribution in [2.45, 2.75) is 27.2 Å². The zero-order chi connectivity index (χ0) is 13.5. The number of benzene rings is 1. The predicted molar refractivity (Wildman–Crippen MR) is 77.4 cm³/mol. The number of hydrogen-bond acceptors (Lipinski definition) is 1. The van der Waals surface area contributed by atoms with Gasteiger partial charge in [0.25, 0.3) is 0 Å². The van der Waals surface area contributed by atoms with Crippen molar-refractivity contribution in [3.05, 3.63) is 40.2 Å². The number of nitrogens with one attached hydrogen (secondary N) is 1. The average Bonchev–Trinajstić information content (AvgIpc) is 2.25. The molecule has 0 spiro atoms. The van der Waals surface area contributed by atoms with Gasteiger partial charge in [0.15, 0.2) is 0 Å². The molecule has 1 aromatic carbocycles. The van der Waals surface area contributed by atoms with Crippen molar-refractivity contribution in [3.63, 3.8) is 0 Å². The molecule has 0 heterocycles. The summed E-state index contributed by atoms with van der Waals surface area (Å²) in [7, 11) is 0. The van der Waals surface area contributed by atoms with Gasteiger partial charge in [0.05, 0.1) is 0 Å². The van der Waals surface area contributed by atoms with Gasteiger partial charge in [-0.05, 0) is 42.6 Å². The lowest BCUT2D eigenvalue weighted by Gasteiger charge is -2.09. The van der Waals surface area contributed by atoms with Crippen molar-refractivity contribution in [1.29, 1.82) is 0 Å². The lowest BCUT2D eigenvalue weighted by molar-refractivity contribution is 0.569. The molecule has 0 saturated heterocycles. The Morgan fingerprint density at radius 3 is 2.67 bits per heavy atom. The van der Waals surface area contributed by atoms with Crippen molar-refractivity contribution in [2.75, 3.05) is 13.1 Å². The molecule has 0 aliphatic rings. The molecule has 1 N–H and O–H groups in total. The van der Waals surface area contributed by atoms with E-state index in [4.69, 9.17) is 11.6 Å². The Morgan fingerprint density at radius 1 is 1.39 bits per heavy atom. The molecule has 100 valence electrons. The first-order valence-corrected chi connectivity index (χ1v) is 6.75. The van der Waals surface area contributed by atoms with Gasteiger partial charge in [0.2, 0.25) is 0 Å². The maximum Gasteiger partial charge on any atom is 0.125 e. The first-order chi connectivity index (χ1) is 8.51. The van der Waals surface area contributed by atoms with Gasteiger partial charge >= 0.3 is 0 Å². The molecule has 0 atom stereocenters. The van der Waals surface area contributed by atoms with Crippen LogP contribution in [-0.4, -0.2) is 13.1 Å². The van der Waals surface area contributed by atoms with Crippen LogP contribution in [0, 0.1) is 11.7 Å². The van der Waals surface area contributed by atoms with Crippen LogP contribution in [0.3, 0.4) is 0 Å². The lowest BCUT2D eigenvalue weighted by Crippen LogP contribution is -2.21. The smallest absolute Gasteiger partial charge is 0.125 e. The van der Waals surface area contributed by atoms with E-state index in [2.05, 4.69) is 26.1 Å². The highest BCUT2D eigenvalue weighted by Crippen LogP contribution is 2.17. The molecular weight excluding hydrogens is 249 g/mol. The van der Waals surface area contributed by atoms with Crippen LogP contribution in [0.1, 0.15) is 32.8 Å². The normalized spacial score (nSPS) is 12.2. The Hall–Kier alpha value is -0.860. The van der Waals surface area contributed by atoms with Gasteiger partial charge in [-0.15, -0.1) is 0 Å². The molecule has 1 nitrogen and oxygen atoms in total. The van der Waals surface area contributed by atoms with Crippen LogP contribution in [0.4, 0.5) is 4.39 Å². The Kier molecular flexibility index (Phi) is 6.37. The molecule has 18 heavy (non-hydrogen) atoms. The summed E-state index contributed by atoms with van der Waals surface area (Å²) < 4.78 is 13.2. The third-order valence-corrected chi connectivity index (χ3v) is 2.83. The van der Waals surface area contributed by atoms with Crippen molar-refractivity contribution in [2.24, 2.45) is 5.92 Å². The average molecular weight is 270 g/mol. The van der Waals surface area contributed by atoms with E-state index in [0.717, 1.165) is 25.1 Å². The molecule has 1 rings (SSSR count). The first kappa shape index (κ1) is 15.2. The highest BCUT2D eigenvalue weighted by molar-refractivity contribution is 6.30. The number of rotatable bonds is 6. The summed E-state index contributed by atoms with van der Waals surface area (Å²) in [5, 5.41) is 3.83. The van der Waals surface area contributed by atoms with E-state index in [9.17, 15) is 4.39 Å². The van der Waals surface area contributed by atoms with E-state index in [-0.39, 0.29) is 5.82 Å². The minimum atomic E-state index is -0.292. The molecule has 1 aromatic rings. The van der Waals surface area contributed by atoms with E-state index >= 15 is 0 Å². The SMILES string of the molecule is CC/C(=C/c1cc(F)cc(Cl)c1)CNCC(C)C. The van der Waals surface area contributed by atoms with Crippen molar-refractivity contribution in [3.8, 4) is 0 Å². The van der Waals surface area contributed by atoms with Gasteiger partial charge < -0.3 is 5.32 Å². The zero-order valence-electron chi connectivity index (χ0n) is 11.3. The Morgan fingerprint density at radius 2 is 2.11 bits per heavy atom. The lowest BCUT2D eigenvalue weighted by atomic mass is 10.1. The third-order valence-electron chi connectivity index (χ3n) is 2.61. The summed E-state index contributed by atoms with van der Waals surface area (Å²) in [5.74, 6) is 0.339. The van der Waals surface area contributed by atoms with Crippen LogP contribution in [0.2, 0.25) is 5.02 Å². The molecular formula is C15H21ClFN. The molecule has 0 radical (unpaired) electrons. The van der Waals surface area contributed by atoms with Crippen LogP contribution in [-0.2, 0) is 0 Å². The predicted octanol–water partition coefficient (Wildman–Crippen LogP) is 4.52. The molecule has 0 fully saturated rings. The van der Waals surface area contributed by atoms with Crippen LogP contribution in [0.25, 0.3) is 6.08 Å². The Labute approximate surface area is 114 Å². The number of hydrogen-bond donors (Lipinski definition) is 1. The van der Waals surface area contributed by atoms with Crippen molar-refractivity contribution < 1.29 is 4.39 Å². The summed E-state index contributed by atoms with van der Waals surface area (Å²) in [6, 6.07) is 4.61. The van der Waals surface area contributed by atoms with Gasteiger partial charge in [0.1, 0.15) is 5.82 Å². The van der Waals surface area contributed by atoms with E-state index in [0.29, 0.717) is 10.9 Å². The summed E-state index contributed by atoms with van der Waals surface area (Å²) in [5.41, 5.74) is 2.07. The molecule has 0 aromatic heterocycles. The van der Waals surface area contributed by atoms with Crippen LogP contribution >= 0.6 is 11.6 Å². The van der Waals surface area contributed by atoms with Crippen LogP contribution < -0.4 is 5.32 Å². The first-order valence-electron chi connectivity index (χ1n) is 6.37. The highest BCUT2D eigenvalue weighted by Gasteiger charge is 2.00. The summed E-state index contributed by atoms with van der Waals surface area (Å²) >= 11 is 5.84. The molecule has 0 amide bonds. The fraction of sp³-hybridized carbons (Fsp3) is 0.467. The van der Waals surface area contributed by atoms with Crippen molar-refractivity contribution in [1.82, 2.24) is 5.32 Å². The zero-order valence-corrected chi connectivity index (χ0v) is 12.0.